The summed E-state index contributed by atoms with van der Waals surface area (Å²) in [7, 11) is 1.58. The van der Waals surface area contributed by atoms with E-state index in [0.29, 0.717) is 54.5 Å². The lowest BCUT2D eigenvalue weighted by molar-refractivity contribution is 0.0470. The highest BCUT2D eigenvalue weighted by Crippen LogP contribution is 2.35. The van der Waals surface area contributed by atoms with Crippen LogP contribution in [0.5, 0.6) is 5.75 Å². The highest BCUT2D eigenvalue weighted by atomic mass is 35.5. The third kappa shape index (κ3) is 5.87. The van der Waals surface area contributed by atoms with Crippen molar-refractivity contribution >= 4 is 34.2 Å². The number of halogens is 2. The summed E-state index contributed by atoms with van der Waals surface area (Å²) in [5.74, 6) is 0.0809. The molecule has 1 aliphatic heterocycles. The summed E-state index contributed by atoms with van der Waals surface area (Å²) < 4.78 is 24.6. The average Bonchev–Trinajstić information content (AvgIpc) is 2.93. The molecule has 0 radical (unpaired) electrons. The molecule has 37 heavy (non-hydrogen) atoms. The number of hydrogen-bond acceptors (Lipinski definition) is 7. The SMILES string of the molecule is COc1cc2ncnc(-c3ccc(F)c(Cl)c3)c2cc1NOC1CCC(NC(=O)N2CCOCC2)CC1. The van der Waals surface area contributed by atoms with Crippen LogP contribution in [0.3, 0.4) is 0 Å². The number of rotatable bonds is 6. The molecular weight excluding hydrogens is 501 g/mol. The van der Waals surface area contributed by atoms with Crippen molar-refractivity contribution in [1.29, 1.82) is 0 Å². The number of methoxy groups -OCH3 is 1. The second-order valence-corrected chi connectivity index (χ2v) is 9.57. The minimum Gasteiger partial charge on any atom is -0.494 e. The zero-order valence-corrected chi connectivity index (χ0v) is 21.3. The molecule has 2 aromatic carbocycles. The van der Waals surface area contributed by atoms with Crippen molar-refractivity contribution in [2.24, 2.45) is 0 Å². The first-order valence-electron chi connectivity index (χ1n) is 12.3. The summed E-state index contributed by atoms with van der Waals surface area (Å²) in [5.41, 5.74) is 5.65. The molecule has 2 N–H and O–H groups in total. The first-order valence-corrected chi connectivity index (χ1v) is 12.7. The van der Waals surface area contributed by atoms with Crippen molar-refractivity contribution in [2.75, 3.05) is 38.9 Å². The number of ether oxygens (including phenoxy) is 2. The zero-order valence-electron chi connectivity index (χ0n) is 20.5. The molecule has 3 aromatic rings. The summed E-state index contributed by atoms with van der Waals surface area (Å²) in [4.78, 5) is 29.1. The molecule has 11 heteroatoms. The quantitative estimate of drug-likeness (QED) is 0.443. The number of benzene rings is 2. The van der Waals surface area contributed by atoms with Crippen LogP contribution in [0.1, 0.15) is 25.7 Å². The number of carbonyl (C=O) groups is 1. The number of urea groups is 1. The van der Waals surface area contributed by atoms with E-state index in [1.807, 2.05) is 6.07 Å². The molecule has 2 amide bonds. The largest absolute Gasteiger partial charge is 0.494 e. The minimum absolute atomic E-state index is 0.0145. The van der Waals surface area contributed by atoms with E-state index in [-0.39, 0.29) is 23.2 Å². The summed E-state index contributed by atoms with van der Waals surface area (Å²) in [6.07, 6.45) is 4.72. The number of morpholine rings is 1. The maximum atomic E-state index is 13.7. The first-order chi connectivity index (χ1) is 18.0. The fourth-order valence-corrected chi connectivity index (χ4v) is 4.89. The lowest BCUT2D eigenvalue weighted by Gasteiger charge is -2.32. The molecule has 0 spiro atoms. The van der Waals surface area contributed by atoms with Gasteiger partial charge in [0.2, 0.25) is 0 Å². The second kappa shape index (κ2) is 11.5. The topological polar surface area (TPSA) is 97.8 Å². The lowest BCUT2D eigenvalue weighted by atomic mass is 9.93. The van der Waals surface area contributed by atoms with Gasteiger partial charge in [-0.25, -0.2) is 19.2 Å². The summed E-state index contributed by atoms with van der Waals surface area (Å²) >= 11 is 6.01. The van der Waals surface area contributed by atoms with Crippen molar-refractivity contribution in [3.63, 3.8) is 0 Å². The monoisotopic (exact) mass is 529 g/mol. The van der Waals surface area contributed by atoms with E-state index in [9.17, 15) is 9.18 Å². The Morgan fingerprint density at radius 2 is 1.92 bits per heavy atom. The van der Waals surface area contributed by atoms with Crippen LogP contribution in [0.2, 0.25) is 5.02 Å². The van der Waals surface area contributed by atoms with Gasteiger partial charge in [-0.3, -0.25) is 10.3 Å². The number of carbonyl (C=O) groups excluding carboxylic acids is 1. The van der Waals surface area contributed by atoms with Gasteiger partial charge >= 0.3 is 6.03 Å². The standard InChI is InChI=1S/C26H29ClFN5O4/c1-35-24-14-22-19(25(30-15-29-22)16-2-7-21(28)20(27)12-16)13-23(24)32-37-18-5-3-17(4-6-18)31-26(34)33-8-10-36-11-9-33/h2,7,12-15,17-18,32H,3-6,8-11H2,1H3,(H,31,34). The molecule has 0 atom stereocenters. The van der Waals surface area contributed by atoms with E-state index in [0.717, 1.165) is 31.1 Å². The highest BCUT2D eigenvalue weighted by Gasteiger charge is 2.26. The van der Waals surface area contributed by atoms with Crippen LogP contribution >= 0.6 is 11.6 Å². The maximum Gasteiger partial charge on any atom is 0.317 e. The molecule has 0 bridgehead atoms. The van der Waals surface area contributed by atoms with E-state index < -0.39 is 5.82 Å². The van der Waals surface area contributed by atoms with Gasteiger partial charge in [0.05, 0.1) is 42.7 Å². The van der Waals surface area contributed by atoms with Gasteiger partial charge in [-0.05, 0) is 49.9 Å². The van der Waals surface area contributed by atoms with Gasteiger partial charge in [-0.15, -0.1) is 0 Å². The zero-order chi connectivity index (χ0) is 25.8. The number of nitrogens with zero attached hydrogens (tertiary/aromatic N) is 3. The van der Waals surface area contributed by atoms with E-state index in [1.165, 1.54) is 12.4 Å². The van der Waals surface area contributed by atoms with Gasteiger partial charge in [-0.1, -0.05) is 11.6 Å². The lowest BCUT2D eigenvalue weighted by Crippen LogP contribution is -2.50. The Hall–Kier alpha value is -3.21. The van der Waals surface area contributed by atoms with Crippen LogP contribution in [0, 0.1) is 5.82 Å². The highest BCUT2D eigenvalue weighted by molar-refractivity contribution is 6.31. The Morgan fingerprint density at radius 3 is 2.65 bits per heavy atom. The number of hydrogen-bond donors (Lipinski definition) is 2. The van der Waals surface area contributed by atoms with Gasteiger partial charge in [0.1, 0.15) is 23.6 Å². The summed E-state index contributed by atoms with van der Waals surface area (Å²) in [6, 6.07) is 8.26. The van der Waals surface area contributed by atoms with Crippen molar-refractivity contribution in [2.45, 2.75) is 37.8 Å². The van der Waals surface area contributed by atoms with Gasteiger partial charge < -0.3 is 19.7 Å². The van der Waals surface area contributed by atoms with Gasteiger partial charge in [-0.2, -0.15) is 0 Å². The molecule has 2 fully saturated rings. The molecule has 0 unspecified atom stereocenters. The molecule has 1 aromatic heterocycles. The fraction of sp³-hybridized carbons (Fsp3) is 0.423. The number of amides is 2. The van der Waals surface area contributed by atoms with Crippen LogP contribution in [-0.2, 0) is 9.57 Å². The second-order valence-electron chi connectivity index (χ2n) is 9.16. The average molecular weight is 530 g/mol. The van der Waals surface area contributed by atoms with Gasteiger partial charge in [0.25, 0.3) is 0 Å². The number of fused-ring (bicyclic) bond motifs is 1. The molecule has 196 valence electrons. The van der Waals surface area contributed by atoms with Crippen molar-refractivity contribution in [3.05, 3.63) is 47.5 Å². The van der Waals surface area contributed by atoms with Crippen molar-refractivity contribution in [1.82, 2.24) is 20.2 Å². The van der Waals surface area contributed by atoms with E-state index >= 15 is 0 Å². The Bertz CT molecular complexity index is 1270. The molecule has 2 heterocycles. The molecule has 5 rings (SSSR count). The summed E-state index contributed by atoms with van der Waals surface area (Å²) in [5, 5.41) is 3.91. The van der Waals surface area contributed by atoms with Crippen LogP contribution in [0.4, 0.5) is 14.9 Å². The van der Waals surface area contributed by atoms with Crippen LogP contribution in [-0.4, -0.2) is 66.5 Å². The molecular formula is C26H29ClFN5O4. The fourth-order valence-electron chi connectivity index (χ4n) is 4.71. The smallest absolute Gasteiger partial charge is 0.317 e. The third-order valence-corrected chi connectivity index (χ3v) is 7.07. The maximum absolute atomic E-state index is 13.7. The Kier molecular flexibility index (Phi) is 7.87. The molecule has 9 nitrogen and oxygen atoms in total. The predicted octanol–water partition coefficient (Wildman–Crippen LogP) is 4.79. The Morgan fingerprint density at radius 1 is 1.14 bits per heavy atom. The van der Waals surface area contributed by atoms with Crippen LogP contribution < -0.4 is 15.5 Å². The molecule has 2 aliphatic rings. The van der Waals surface area contributed by atoms with Crippen LogP contribution in [0.25, 0.3) is 22.2 Å². The predicted molar refractivity (Wildman–Crippen MR) is 138 cm³/mol. The van der Waals surface area contributed by atoms with E-state index in [1.54, 1.807) is 30.2 Å². The van der Waals surface area contributed by atoms with E-state index in [4.69, 9.17) is 25.9 Å². The molecule has 1 aliphatic carbocycles. The van der Waals surface area contributed by atoms with E-state index in [2.05, 4.69) is 20.8 Å². The Balaban J connectivity index is 1.24. The van der Waals surface area contributed by atoms with Gasteiger partial charge in [0, 0.05) is 36.1 Å². The Labute approximate surface area is 219 Å². The van der Waals surface area contributed by atoms with Gasteiger partial charge in [0.15, 0.2) is 0 Å². The minimum atomic E-state index is -0.489. The van der Waals surface area contributed by atoms with Crippen molar-refractivity contribution < 1.29 is 23.5 Å². The summed E-state index contributed by atoms with van der Waals surface area (Å²) in [6.45, 7) is 2.43. The first kappa shape index (κ1) is 25.4. The number of anilines is 1. The molecule has 1 saturated heterocycles. The molecule has 1 saturated carbocycles. The van der Waals surface area contributed by atoms with Crippen molar-refractivity contribution in [3.8, 4) is 17.0 Å². The number of nitrogens with one attached hydrogen (secondary N) is 2. The third-order valence-electron chi connectivity index (χ3n) is 6.79. The number of aromatic nitrogens is 2. The normalized spacial score (nSPS) is 20.0. The van der Waals surface area contributed by atoms with Crippen LogP contribution in [0.15, 0.2) is 36.7 Å².